The number of hydrogen-bond donors (Lipinski definition) is 2. The molecule has 0 aliphatic heterocycles. The van der Waals surface area contributed by atoms with Gasteiger partial charge < -0.3 is 10.4 Å². The van der Waals surface area contributed by atoms with Gasteiger partial charge in [-0.25, -0.2) is 0 Å². The predicted molar refractivity (Wildman–Crippen MR) is 69.6 cm³/mol. The molecule has 1 aromatic carbocycles. The van der Waals surface area contributed by atoms with E-state index in [1.807, 2.05) is 0 Å². The minimum Gasteiger partial charge on any atom is -0.481 e. The van der Waals surface area contributed by atoms with E-state index in [1.54, 1.807) is 38.1 Å². The molecule has 0 aromatic heterocycles. The van der Waals surface area contributed by atoms with E-state index in [0.717, 1.165) is 5.56 Å². The molecule has 0 radical (unpaired) electrons. The van der Waals surface area contributed by atoms with Crippen LogP contribution in [0.3, 0.4) is 0 Å². The molecule has 0 heterocycles. The first-order valence-corrected chi connectivity index (χ1v) is 5.94. The molecule has 98 valence electrons. The summed E-state index contributed by atoms with van der Waals surface area (Å²) in [7, 11) is 0. The molecule has 0 atom stereocenters. The highest BCUT2D eigenvalue weighted by atomic mass is 35.5. The van der Waals surface area contributed by atoms with Crippen LogP contribution in [0.25, 0.3) is 0 Å². The van der Waals surface area contributed by atoms with Gasteiger partial charge in [-0.05, 0) is 25.5 Å². The van der Waals surface area contributed by atoms with Gasteiger partial charge in [0.05, 0.1) is 11.8 Å². The standard InChI is InChI=1S/C13H16ClNO3/c1-13(2,12(17)18)8-15-11(16)7-9-5-3-4-6-10(9)14/h3-6H,7-8H2,1-2H3,(H,15,16)(H,17,18). The lowest BCUT2D eigenvalue weighted by molar-refractivity contribution is -0.146. The van der Waals surface area contributed by atoms with Crippen molar-refractivity contribution in [3.05, 3.63) is 34.9 Å². The highest BCUT2D eigenvalue weighted by molar-refractivity contribution is 6.31. The maximum atomic E-state index is 11.7. The lowest BCUT2D eigenvalue weighted by Gasteiger charge is -2.19. The van der Waals surface area contributed by atoms with Crippen LogP contribution in [0.4, 0.5) is 0 Å². The molecule has 0 aliphatic rings. The number of carbonyl (C=O) groups excluding carboxylic acids is 1. The van der Waals surface area contributed by atoms with Crippen LogP contribution in [0.2, 0.25) is 5.02 Å². The van der Waals surface area contributed by atoms with Crippen molar-refractivity contribution in [3.63, 3.8) is 0 Å². The smallest absolute Gasteiger partial charge is 0.310 e. The number of halogens is 1. The molecule has 0 fully saturated rings. The van der Waals surface area contributed by atoms with Crippen molar-refractivity contribution in [1.29, 1.82) is 0 Å². The predicted octanol–water partition coefficient (Wildman–Crippen LogP) is 2.11. The van der Waals surface area contributed by atoms with E-state index in [2.05, 4.69) is 5.32 Å². The van der Waals surface area contributed by atoms with Crippen molar-refractivity contribution in [2.24, 2.45) is 5.41 Å². The Labute approximate surface area is 111 Å². The average molecular weight is 270 g/mol. The van der Waals surface area contributed by atoms with Crippen LogP contribution < -0.4 is 5.32 Å². The number of carboxylic acids is 1. The number of hydrogen-bond acceptors (Lipinski definition) is 2. The molecule has 0 spiro atoms. The summed E-state index contributed by atoms with van der Waals surface area (Å²) in [6, 6.07) is 7.07. The summed E-state index contributed by atoms with van der Waals surface area (Å²) in [6.07, 6.45) is 0.148. The summed E-state index contributed by atoms with van der Waals surface area (Å²) in [5.41, 5.74) is -0.249. The molecule has 2 N–H and O–H groups in total. The monoisotopic (exact) mass is 269 g/mol. The quantitative estimate of drug-likeness (QED) is 0.860. The molecule has 1 aromatic rings. The van der Waals surface area contributed by atoms with E-state index in [-0.39, 0.29) is 18.9 Å². The van der Waals surface area contributed by atoms with Crippen LogP contribution in [0.15, 0.2) is 24.3 Å². The van der Waals surface area contributed by atoms with Crippen LogP contribution in [0.5, 0.6) is 0 Å². The largest absolute Gasteiger partial charge is 0.481 e. The van der Waals surface area contributed by atoms with Gasteiger partial charge in [-0.15, -0.1) is 0 Å². The normalized spacial score (nSPS) is 11.1. The molecule has 0 saturated heterocycles. The molecule has 0 aliphatic carbocycles. The highest BCUT2D eigenvalue weighted by Gasteiger charge is 2.27. The second kappa shape index (κ2) is 5.87. The van der Waals surface area contributed by atoms with Gasteiger partial charge in [-0.1, -0.05) is 29.8 Å². The molecule has 0 unspecified atom stereocenters. The van der Waals surface area contributed by atoms with Crippen molar-refractivity contribution in [2.75, 3.05) is 6.54 Å². The van der Waals surface area contributed by atoms with E-state index in [0.29, 0.717) is 5.02 Å². The van der Waals surface area contributed by atoms with Gasteiger partial charge in [0.1, 0.15) is 0 Å². The van der Waals surface area contributed by atoms with Crippen LogP contribution >= 0.6 is 11.6 Å². The fraction of sp³-hybridized carbons (Fsp3) is 0.385. The van der Waals surface area contributed by atoms with Crippen LogP contribution in [-0.4, -0.2) is 23.5 Å². The Morgan fingerprint density at radius 3 is 2.50 bits per heavy atom. The second-order valence-electron chi connectivity index (χ2n) is 4.73. The third-order valence-corrected chi connectivity index (χ3v) is 2.98. The van der Waals surface area contributed by atoms with Crippen molar-refractivity contribution >= 4 is 23.5 Å². The molecule has 5 heteroatoms. The van der Waals surface area contributed by atoms with Gasteiger partial charge in [0.15, 0.2) is 0 Å². The van der Waals surface area contributed by atoms with E-state index in [4.69, 9.17) is 16.7 Å². The summed E-state index contributed by atoms with van der Waals surface area (Å²) in [5.74, 6) is -1.18. The zero-order chi connectivity index (χ0) is 13.8. The summed E-state index contributed by atoms with van der Waals surface area (Å²) in [4.78, 5) is 22.5. The summed E-state index contributed by atoms with van der Waals surface area (Å²) in [6.45, 7) is 3.21. The Morgan fingerprint density at radius 1 is 1.33 bits per heavy atom. The highest BCUT2D eigenvalue weighted by Crippen LogP contribution is 2.16. The van der Waals surface area contributed by atoms with E-state index < -0.39 is 11.4 Å². The summed E-state index contributed by atoms with van der Waals surface area (Å²) < 4.78 is 0. The minimum atomic E-state index is -0.976. The van der Waals surface area contributed by atoms with Gasteiger partial charge in [0.2, 0.25) is 5.91 Å². The number of carbonyl (C=O) groups is 2. The average Bonchev–Trinajstić information content (AvgIpc) is 2.29. The third-order valence-electron chi connectivity index (χ3n) is 2.62. The Hall–Kier alpha value is -1.55. The lowest BCUT2D eigenvalue weighted by Crippen LogP contribution is -2.39. The number of amides is 1. The third kappa shape index (κ3) is 4.04. The number of benzene rings is 1. The number of carboxylic acid groups (broad SMARTS) is 1. The van der Waals surface area contributed by atoms with Crippen molar-refractivity contribution < 1.29 is 14.7 Å². The molecule has 0 saturated carbocycles. The molecule has 18 heavy (non-hydrogen) atoms. The molecular weight excluding hydrogens is 254 g/mol. The first-order chi connectivity index (χ1) is 8.33. The van der Waals surface area contributed by atoms with E-state index in [1.165, 1.54) is 0 Å². The Balaban J connectivity index is 2.54. The van der Waals surface area contributed by atoms with E-state index in [9.17, 15) is 9.59 Å². The Bertz CT molecular complexity index is 457. The van der Waals surface area contributed by atoms with Crippen molar-refractivity contribution in [2.45, 2.75) is 20.3 Å². The van der Waals surface area contributed by atoms with Crippen LogP contribution in [-0.2, 0) is 16.0 Å². The molecule has 1 rings (SSSR count). The Kier molecular flexibility index (Phi) is 4.73. The summed E-state index contributed by atoms with van der Waals surface area (Å²) >= 11 is 5.93. The number of rotatable bonds is 5. The SMILES string of the molecule is CC(C)(CNC(=O)Cc1ccccc1Cl)C(=O)O. The van der Waals surface area contributed by atoms with Gasteiger partial charge in [0.25, 0.3) is 0 Å². The van der Waals surface area contributed by atoms with Gasteiger partial charge >= 0.3 is 5.97 Å². The van der Waals surface area contributed by atoms with Gasteiger partial charge in [0, 0.05) is 11.6 Å². The van der Waals surface area contributed by atoms with Crippen LogP contribution in [0.1, 0.15) is 19.4 Å². The number of aliphatic carboxylic acids is 1. The topological polar surface area (TPSA) is 66.4 Å². The first kappa shape index (κ1) is 14.5. The van der Waals surface area contributed by atoms with Crippen molar-refractivity contribution in [1.82, 2.24) is 5.32 Å². The molecule has 0 bridgehead atoms. The zero-order valence-corrected chi connectivity index (χ0v) is 11.1. The van der Waals surface area contributed by atoms with Gasteiger partial charge in [-0.2, -0.15) is 0 Å². The Morgan fingerprint density at radius 2 is 1.94 bits per heavy atom. The fourth-order valence-corrected chi connectivity index (χ4v) is 1.47. The maximum Gasteiger partial charge on any atom is 0.310 e. The van der Waals surface area contributed by atoms with E-state index >= 15 is 0 Å². The maximum absolute atomic E-state index is 11.7. The van der Waals surface area contributed by atoms with Crippen molar-refractivity contribution in [3.8, 4) is 0 Å². The molecule has 4 nitrogen and oxygen atoms in total. The fourth-order valence-electron chi connectivity index (χ4n) is 1.27. The zero-order valence-electron chi connectivity index (χ0n) is 10.4. The van der Waals surface area contributed by atoms with Gasteiger partial charge in [-0.3, -0.25) is 9.59 Å². The molecular formula is C13H16ClNO3. The summed E-state index contributed by atoms with van der Waals surface area (Å²) in [5, 5.41) is 12.0. The lowest BCUT2D eigenvalue weighted by atomic mass is 9.94. The minimum absolute atomic E-state index is 0.0889. The number of nitrogens with one attached hydrogen (secondary N) is 1. The molecule has 1 amide bonds. The van der Waals surface area contributed by atoms with Crippen LogP contribution in [0, 0.1) is 5.41 Å². The first-order valence-electron chi connectivity index (χ1n) is 5.56. The second-order valence-corrected chi connectivity index (χ2v) is 5.14.